The van der Waals surface area contributed by atoms with Crippen molar-refractivity contribution in [3.63, 3.8) is 0 Å². The molecule has 4 saturated carbocycles. The van der Waals surface area contributed by atoms with Gasteiger partial charge in [0.2, 0.25) is 0 Å². The number of hydrogen-bond donors (Lipinski definition) is 0. The van der Waals surface area contributed by atoms with Crippen molar-refractivity contribution in [3.8, 4) is 0 Å². The lowest BCUT2D eigenvalue weighted by molar-refractivity contribution is -0.0962. The van der Waals surface area contributed by atoms with E-state index in [1.807, 2.05) is 0 Å². The number of unbranched alkanes of at least 4 members (excludes halogenated alkanes) is 6. The molecule has 4 aliphatic rings. The van der Waals surface area contributed by atoms with Crippen molar-refractivity contribution >= 4 is 0 Å². The third-order valence-electron chi connectivity index (χ3n) is 15.4. The van der Waals surface area contributed by atoms with E-state index in [0.717, 1.165) is 87.2 Å². The van der Waals surface area contributed by atoms with E-state index in [1.165, 1.54) is 116 Å². The second kappa shape index (κ2) is 21.8. The van der Waals surface area contributed by atoms with Crippen molar-refractivity contribution in [2.24, 2.45) is 47.3 Å². The highest BCUT2D eigenvalue weighted by atomic mass is 19.2. The quantitative estimate of drug-likeness (QED) is 0.108. The Hall–Kier alpha value is -1.88. The molecule has 0 aromatic heterocycles. The summed E-state index contributed by atoms with van der Waals surface area (Å²) in [7, 11) is 0. The van der Waals surface area contributed by atoms with Crippen molar-refractivity contribution in [1.82, 2.24) is 0 Å². The maximum Gasteiger partial charge on any atom is 0.164 e. The molecule has 0 heterocycles. The average molecular weight is 767 g/mol. The van der Waals surface area contributed by atoms with Gasteiger partial charge in [0.25, 0.3) is 0 Å². The molecule has 0 bridgehead atoms. The lowest BCUT2D eigenvalue weighted by Gasteiger charge is -2.43. The Morgan fingerprint density at radius 3 is 1.15 bits per heavy atom. The van der Waals surface area contributed by atoms with E-state index in [0.29, 0.717) is 11.8 Å². The topological polar surface area (TPSA) is 9.23 Å². The maximum absolute atomic E-state index is 15.8. The van der Waals surface area contributed by atoms with E-state index in [1.54, 1.807) is 24.3 Å². The van der Waals surface area contributed by atoms with Gasteiger partial charge in [-0.3, -0.25) is 0 Å². The van der Waals surface area contributed by atoms with Crippen LogP contribution >= 0.6 is 0 Å². The van der Waals surface area contributed by atoms with Gasteiger partial charge in [0.1, 0.15) is 0 Å². The van der Waals surface area contributed by atoms with Crippen molar-refractivity contribution in [1.29, 1.82) is 0 Å². The van der Waals surface area contributed by atoms with Crippen LogP contribution in [0, 0.1) is 70.6 Å². The van der Waals surface area contributed by atoms with Crippen LogP contribution in [-0.4, -0.2) is 0 Å². The smallest absolute Gasteiger partial charge is 0.164 e. The predicted molar refractivity (Wildman–Crippen MR) is 219 cm³/mol. The molecule has 0 N–H and O–H groups in total. The minimum Gasteiger partial charge on any atom is -0.365 e. The van der Waals surface area contributed by atoms with E-state index < -0.39 is 35.5 Å². The Bertz CT molecular complexity index is 1290. The fraction of sp³-hybridized carbons (Fsp3) is 0.760. The van der Waals surface area contributed by atoms with Crippen LogP contribution in [-0.2, 0) is 4.74 Å². The molecular weight excluding hydrogens is 693 g/mol. The van der Waals surface area contributed by atoms with Gasteiger partial charge in [0.05, 0.1) is 12.2 Å². The fourth-order valence-corrected chi connectivity index (χ4v) is 12.0. The number of benzene rings is 2. The van der Waals surface area contributed by atoms with Crippen molar-refractivity contribution in [3.05, 3.63) is 70.8 Å². The van der Waals surface area contributed by atoms with Gasteiger partial charge in [-0.2, -0.15) is 0 Å². The molecule has 55 heavy (non-hydrogen) atoms. The number of hydrogen-bond acceptors (Lipinski definition) is 1. The Labute approximate surface area is 332 Å². The first-order valence-electron chi connectivity index (χ1n) is 23.4. The highest BCUT2D eigenvalue weighted by molar-refractivity contribution is 5.25. The summed E-state index contributed by atoms with van der Waals surface area (Å²) in [5.41, 5.74) is 0.461. The first-order valence-corrected chi connectivity index (χ1v) is 23.4. The third-order valence-corrected chi connectivity index (χ3v) is 15.4. The van der Waals surface area contributed by atoms with Crippen LogP contribution in [0.25, 0.3) is 0 Å². The van der Waals surface area contributed by atoms with Crippen LogP contribution < -0.4 is 0 Å². The second-order valence-electron chi connectivity index (χ2n) is 18.9. The van der Waals surface area contributed by atoms with E-state index in [2.05, 4.69) is 13.8 Å². The maximum atomic E-state index is 15.8. The first-order chi connectivity index (χ1) is 26.9. The molecule has 2 unspecified atom stereocenters. The number of halogens is 4. The molecule has 0 saturated heterocycles. The molecule has 1 nitrogen and oxygen atoms in total. The third kappa shape index (κ3) is 11.6. The molecule has 0 radical (unpaired) electrons. The van der Waals surface area contributed by atoms with Crippen molar-refractivity contribution < 1.29 is 22.3 Å². The second-order valence-corrected chi connectivity index (χ2v) is 18.9. The standard InChI is InChI=1S/C50H74F4O/c1-3-5-7-9-13-35-19-23-37(24-20-35)39-27-31-41(32-28-39)49(43-15-11-17-45(51)47(43)53)55-50(44-16-12-18-46(52)48(44)54)42-33-29-40(30-34-42)38-25-21-36(22-26-38)14-10-8-6-4-2/h11-12,15-18,35-42,49-50H,3-10,13-14,19-34H2,1-2H3/t35-,36-,37-,38-,39-,40-,41-,42-,49?,50?. The van der Waals surface area contributed by atoms with Gasteiger partial charge in [0.15, 0.2) is 23.3 Å². The summed E-state index contributed by atoms with van der Waals surface area (Å²) in [5, 5.41) is 0. The van der Waals surface area contributed by atoms with E-state index in [9.17, 15) is 8.78 Å². The average Bonchev–Trinajstić information content (AvgIpc) is 3.22. The molecule has 4 aliphatic carbocycles. The van der Waals surface area contributed by atoms with Crippen molar-refractivity contribution in [2.75, 3.05) is 0 Å². The molecule has 2 aromatic rings. The minimum absolute atomic E-state index is 0.00456. The Kier molecular flexibility index (Phi) is 16.9. The minimum atomic E-state index is -0.879. The highest BCUT2D eigenvalue weighted by Gasteiger charge is 2.41. The van der Waals surface area contributed by atoms with Gasteiger partial charge >= 0.3 is 0 Å². The Balaban J connectivity index is 1.12. The molecule has 2 atom stereocenters. The van der Waals surface area contributed by atoms with Gasteiger partial charge in [-0.1, -0.05) is 128 Å². The molecule has 0 amide bonds. The summed E-state index contributed by atoms with van der Waals surface area (Å²) >= 11 is 0. The summed E-state index contributed by atoms with van der Waals surface area (Å²) in [4.78, 5) is 0. The van der Waals surface area contributed by atoms with Crippen LogP contribution in [0.15, 0.2) is 36.4 Å². The normalized spacial score (nSPS) is 30.2. The van der Waals surface area contributed by atoms with Crippen molar-refractivity contribution in [2.45, 2.75) is 193 Å². The molecular formula is C50H74F4O. The Morgan fingerprint density at radius 2 is 0.800 bits per heavy atom. The zero-order chi connectivity index (χ0) is 38.6. The highest BCUT2D eigenvalue weighted by Crippen LogP contribution is 2.51. The van der Waals surface area contributed by atoms with Crippen LogP contribution in [0.5, 0.6) is 0 Å². The zero-order valence-electron chi connectivity index (χ0n) is 34.5. The van der Waals surface area contributed by atoms with E-state index in [4.69, 9.17) is 4.74 Å². The monoisotopic (exact) mass is 767 g/mol. The number of rotatable bonds is 18. The summed E-state index contributed by atoms with van der Waals surface area (Å²) in [6.45, 7) is 4.55. The molecule has 4 fully saturated rings. The first kappa shape index (κ1) is 42.7. The van der Waals surface area contributed by atoms with E-state index >= 15 is 8.78 Å². The molecule has 5 heteroatoms. The van der Waals surface area contributed by atoms with Crippen LogP contribution in [0.2, 0.25) is 0 Å². The zero-order valence-corrected chi connectivity index (χ0v) is 34.5. The van der Waals surface area contributed by atoms with Gasteiger partial charge < -0.3 is 4.74 Å². The molecule has 2 aromatic carbocycles. The predicted octanol–water partition coefficient (Wildman–Crippen LogP) is 16.2. The van der Waals surface area contributed by atoms with Gasteiger partial charge in [-0.05, 0) is 137 Å². The van der Waals surface area contributed by atoms with Gasteiger partial charge in [0, 0.05) is 11.1 Å². The van der Waals surface area contributed by atoms with E-state index in [-0.39, 0.29) is 23.0 Å². The van der Waals surface area contributed by atoms with Crippen LogP contribution in [0.3, 0.4) is 0 Å². The fourth-order valence-electron chi connectivity index (χ4n) is 12.0. The van der Waals surface area contributed by atoms with Crippen LogP contribution in [0.4, 0.5) is 17.6 Å². The largest absolute Gasteiger partial charge is 0.365 e. The molecule has 6 rings (SSSR count). The lowest BCUT2D eigenvalue weighted by Crippen LogP contribution is -2.32. The molecule has 0 spiro atoms. The molecule has 308 valence electrons. The van der Waals surface area contributed by atoms with Gasteiger partial charge in [-0.15, -0.1) is 0 Å². The van der Waals surface area contributed by atoms with Crippen LogP contribution in [0.1, 0.15) is 204 Å². The number of ether oxygens (including phenoxy) is 1. The lowest BCUT2D eigenvalue weighted by atomic mass is 9.67. The summed E-state index contributed by atoms with van der Waals surface area (Å²) in [5.74, 6) is 1.10. The van der Waals surface area contributed by atoms with Gasteiger partial charge in [-0.25, -0.2) is 17.6 Å². The Morgan fingerprint density at radius 1 is 0.455 bits per heavy atom. The summed E-state index contributed by atoms with van der Waals surface area (Å²) in [6, 6.07) is 8.79. The summed E-state index contributed by atoms with van der Waals surface area (Å²) < 4.78 is 68.4. The SMILES string of the molecule is CCCCCC[C@H]1CC[C@H]([C@H]2CC[C@H](C(OC(c3cccc(F)c3F)[C@H]3CC[C@H]([C@H]4CC[C@H](CCCCCC)CC4)CC3)c3cccc(F)c3F)CC2)CC1. The summed E-state index contributed by atoms with van der Waals surface area (Å²) in [6.07, 6.45) is 30.5. The molecule has 0 aliphatic heterocycles.